The molecule has 112 valence electrons. The minimum absolute atomic E-state index is 0.00428. The first-order valence-corrected chi connectivity index (χ1v) is 8.30. The van der Waals surface area contributed by atoms with Gasteiger partial charge in [-0.25, -0.2) is 4.79 Å². The summed E-state index contributed by atoms with van der Waals surface area (Å²) in [5.74, 6) is 3.36. The van der Waals surface area contributed by atoms with Gasteiger partial charge in [-0.3, -0.25) is 0 Å². The van der Waals surface area contributed by atoms with Crippen molar-refractivity contribution >= 4 is 6.03 Å². The third kappa shape index (κ3) is 1.80. The summed E-state index contributed by atoms with van der Waals surface area (Å²) < 4.78 is 0. The summed E-state index contributed by atoms with van der Waals surface area (Å²) in [6.07, 6.45) is 7.29. The fraction of sp³-hybridized carbons (Fsp3) is 0.938. The zero-order valence-corrected chi connectivity index (χ0v) is 12.3. The lowest BCUT2D eigenvalue weighted by Gasteiger charge is -2.30. The lowest BCUT2D eigenvalue weighted by Crippen LogP contribution is -2.49. The second kappa shape index (κ2) is 4.36. The molecule has 2 amide bonds. The number of aliphatic hydroxyl groups excluding tert-OH is 1. The summed E-state index contributed by atoms with van der Waals surface area (Å²) in [6.45, 7) is 2.24. The van der Waals surface area contributed by atoms with Gasteiger partial charge >= 0.3 is 6.03 Å². The van der Waals surface area contributed by atoms with Gasteiger partial charge < -0.3 is 15.7 Å². The second-order valence-corrected chi connectivity index (χ2v) is 7.89. The predicted octanol–water partition coefficient (Wildman–Crippen LogP) is 1.88. The molecule has 0 spiro atoms. The van der Waals surface area contributed by atoms with E-state index in [1.807, 2.05) is 0 Å². The highest BCUT2D eigenvalue weighted by Gasteiger charge is 2.65. The van der Waals surface area contributed by atoms with Gasteiger partial charge in [-0.05, 0) is 55.8 Å². The molecule has 4 saturated carbocycles. The number of fused-ring (bicyclic) bond motifs is 5. The summed E-state index contributed by atoms with van der Waals surface area (Å²) in [7, 11) is 0. The van der Waals surface area contributed by atoms with Crippen molar-refractivity contribution in [3.63, 3.8) is 0 Å². The number of nitrogens with one attached hydrogen (secondary N) is 2. The fourth-order valence-corrected chi connectivity index (χ4v) is 5.54. The molecule has 0 aromatic carbocycles. The zero-order valence-electron chi connectivity index (χ0n) is 12.3. The Bertz CT molecular complexity index is 411. The average molecular weight is 278 g/mol. The molecule has 0 aromatic heterocycles. The molecule has 0 saturated heterocycles. The van der Waals surface area contributed by atoms with Crippen LogP contribution < -0.4 is 10.6 Å². The molecule has 0 heterocycles. The summed E-state index contributed by atoms with van der Waals surface area (Å²) in [5, 5.41) is 15.9. The Hall–Kier alpha value is -0.770. The van der Waals surface area contributed by atoms with Gasteiger partial charge in [0.25, 0.3) is 0 Å². The summed E-state index contributed by atoms with van der Waals surface area (Å²) in [6, 6.07) is 0.571. The number of urea groups is 1. The van der Waals surface area contributed by atoms with Crippen molar-refractivity contribution in [1.82, 2.24) is 10.6 Å². The maximum absolute atomic E-state index is 12.2. The van der Waals surface area contributed by atoms with Crippen molar-refractivity contribution < 1.29 is 9.90 Å². The van der Waals surface area contributed by atoms with Crippen LogP contribution in [0.15, 0.2) is 0 Å². The maximum atomic E-state index is 12.2. The normalized spacial score (nSPS) is 51.9. The Labute approximate surface area is 120 Å². The highest BCUT2D eigenvalue weighted by Crippen LogP contribution is 2.65. The van der Waals surface area contributed by atoms with Crippen LogP contribution in [0.25, 0.3) is 0 Å². The van der Waals surface area contributed by atoms with E-state index >= 15 is 0 Å². The van der Waals surface area contributed by atoms with E-state index in [0.29, 0.717) is 6.04 Å². The van der Waals surface area contributed by atoms with Crippen molar-refractivity contribution in [1.29, 1.82) is 0 Å². The Balaban J connectivity index is 1.32. The number of hydrogen-bond acceptors (Lipinski definition) is 2. The molecular weight excluding hydrogens is 252 g/mol. The SMILES string of the molecule is CC1(CO)CCCC1NC(=O)NC1C2C3CCC(C3)C12. The third-order valence-corrected chi connectivity index (χ3v) is 6.78. The van der Waals surface area contributed by atoms with Gasteiger partial charge in [0, 0.05) is 17.5 Å². The van der Waals surface area contributed by atoms with E-state index in [4.69, 9.17) is 0 Å². The summed E-state index contributed by atoms with van der Waals surface area (Å²) >= 11 is 0. The van der Waals surface area contributed by atoms with Crippen LogP contribution in [0.5, 0.6) is 0 Å². The first-order valence-electron chi connectivity index (χ1n) is 8.30. The molecular formula is C16H26N2O2. The van der Waals surface area contributed by atoms with Crippen LogP contribution >= 0.6 is 0 Å². The minimum Gasteiger partial charge on any atom is -0.396 e. The van der Waals surface area contributed by atoms with Crippen molar-refractivity contribution in [2.45, 2.75) is 57.5 Å². The molecule has 4 rings (SSSR count). The van der Waals surface area contributed by atoms with Gasteiger partial charge in [0.2, 0.25) is 0 Å². The van der Waals surface area contributed by atoms with Gasteiger partial charge in [-0.1, -0.05) is 13.3 Å². The van der Waals surface area contributed by atoms with Crippen LogP contribution in [-0.4, -0.2) is 29.8 Å². The molecule has 3 N–H and O–H groups in total. The quantitative estimate of drug-likeness (QED) is 0.738. The van der Waals surface area contributed by atoms with Crippen LogP contribution in [0.3, 0.4) is 0 Å². The smallest absolute Gasteiger partial charge is 0.315 e. The van der Waals surface area contributed by atoms with E-state index in [-0.39, 0.29) is 24.1 Å². The topological polar surface area (TPSA) is 61.4 Å². The lowest BCUT2D eigenvalue weighted by molar-refractivity contribution is 0.121. The Kier molecular flexibility index (Phi) is 2.82. The first-order chi connectivity index (χ1) is 9.62. The van der Waals surface area contributed by atoms with Gasteiger partial charge in [-0.2, -0.15) is 0 Å². The van der Waals surface area contributed by atoms with Gasteiger partial charge in [-0.15, -0.1) is 0 Å². The molecule has 4 fully saturated rings. The van der Waals surface area contributed by atoms with Gasteiger partial charge in [0.15, 0.2) is 0 Å². The number of hydrogen-bond donors (Lipinski definition) is 3. The molecule has 20 heavy (non-hydrogen) atoms. The van der Waals surface area contributed by atoms with Gasteiger partial charge in [0.1, 0.15) is 0 Å². The molecule has 6 atom stereocenters. The largest absolute Gasteiger partial charge is 0.396 e. The molecule has 4 heteroatoms. The van der Waals surface area contributed by atoms with E-state index < -0.39 is 0 Å². The van der Waals surface area contributed by atoms with E-state index in [1.165, 1.54) is 19.3 Å². The Morgan fingerprint density at radius 2 is 1.90 bits per heavy atom. The van der Waals surface area contributed by atoms with Gasteiger partial charge in [0.05, 0.1) is 6.61 Å². The van der Waals surface area contributed by atoms with E-state index in [2.05, 4.69) is 17.6 Å². The van der Waals surface area contributed by atoms with Crippen LogP contribution in [0.1, 0.15) is 45.4 Å². The van der Waals surface area contributed by atoms with E-state index in [9.17, 15) is 9.90 Å². The molecule has 6 unspecified atom stereocenters. The molecule has 4 aliphatic carbocycles. The molecule has 0 aliphatic heterocycles. The first kappa shape index (κ1) is 12.9. The fourth-order valence-electron chi connectivity index (χ4n) is 5.54. The Morgan fingerprint density at radius 3 is 2.55 bits per heavy atom. The van der Waals surface area contributed by atoms with Crippen LogP contribution in [0, 0.1) is 29.1 Å². The van der Waals surface area contributed by atoms with Crippen LogP contribution in [-0.2, 0) is 0 Å². The number of rotatable bonds is 3. The van der Waals surface area contributed by atoms with Crippen LogP contribution in [0.4, 0.5) is 4.79 Å². The standard InChI is InChI=1S/C16H26N2O2/c1-16(8-19)6-2-3-11(16)17-15(20)18-14-12-9-4-5-10(7-9)13(12)14/h9-14,19H,2-8H2,1H3,(H2,17,18,20). The van der Waals surface area contributed by atoms with Crippen molar-refractivity contribution in [3.05, 3.63) is 0 Å². The average Bonchev–Trinajstić information content (AvgIpc) is 2.82. The highest BCUT2D eigenvalue weighted by molar-refractivity contribution is 5.75. The number of amides is 2. The predicted molar refractivity (Wildman–Crippen MR) is 76.1 cm³/mol. The summed E-state index contributed by atoms with van der Waals surface area (Å²) in [5.41, 5.74) is -0.129. The molecule has 2 bridgehead atoms. The molecule has 4 aliphatic rings. The zero-order chi connectivity index (χ0) is 13.9. The lowest BCUT2D eigenvalue weighted by atomic mass is 9.86. The van der Waals surface area contributed by atoms with E-state index in [1.54, 1.807) is 0 Å². The number of carbonyl (C=O) groups is 1. The molecule has 0 aromatic rings. The Morgan fingerprint density at radius 1 is 1.20 bits per heavy atom. The minimum atomic E-state index is -0.129. The number of carbonyl (C=O) groups excluding carboxylic acids is 1. The summed E-state index contributed by atoms with van der Waals surface area (Å²) in [4.78, 5) is 12.2. The number of aliphatic hydroxyl groups is 1. The highest BCUT2D eigenvalue weighted by atomic mass is 16.3. The maximum Gasteiger partial charge on any atom is 0.315 e. The van der Waals surface area contributed by atoms with E-state index in [0.717, 1.165) is 42.9 Å². The second-order valence-electron chi connectivity index (χ2n) is 7.89. The van der Waals surface area contributed by atoms with Crippen LogP contribution in [0.2, 0.25) is 0 Å². The van der Waals surface area contributed by atoms with Crippen molar-refractivity contribution in [2.75, 3.05) is 6.61 Å². The molecule has 0 radical (unpaired) electrons. The third-order valence-electron chi connectivity index (χ3n) is 6.78. The molecule has 4 nitrogen and oxygen atoms in total. The van der Waals surface area contributed by atoms with Crippen molar-refractivity contribution in [2.24, 2.45) is 29.1 Å². The monoisotopic (exact) mass is 278 g/mol. The van der Waals surface area contributed by atoms with Crippen molar-refractivity contribution in [3.8, 4) is 0 Å².